The fourth-order valence-electron chi connectivity index (χ4n) is 3.35. The van der Waals surface area contributed by atoms with E-state index in [1.165, 1.54) is 0 Å². The zero-order chi connectivity index (χ0) is 16.4. The van der Waals surface area contributed by atoms with Gasteiger partial charge in [0.25, 0.3) is 5.91 Å². The van der Waals surface area contributed by atoms with Crippen molar-refractivity contribution in [2.75, 3.05) is 33.7 Å². The topological polar surface area (TPSA) is 56.7 Å². The van der Waals surface area contributed by atoms with Gasteiger partial charge in [-0.05, 0) is 39.1 Å². The number of hydrogen-bond acceptors (Lipinski definition) is 4. The summed E-state index contributed by atoms with van der Waals surface area (Å²) < 4.78 is 0. The number of β-amino-alcohol motifs (C(OH)–C–C–N with tert-alkyl or cyclic N) is 1. The van der Waals surface area contributed by atoms with Gasteiger partial charge in [0.05, 0.1) is 17.7 Å². The largest absolute Gasteiger partial charge is 0.387 e. The van der Waals surface area contributed by atoms with Gasteiger partial charge in [-0.15, -0.1) is 0 Å². The Balaban J connectivity index is 1.80. The minimum atomic E-state index is -0.839. The Hall–Kier alpha value is -1.98. The number of benzene rings is 1. The van der Waals surface area contributed by atoms with Crippen molar-refractivity contribution >= 4 is 16.8 Å². The molecule has 5 heteroatoms. The Bertz CT molecular complexity index is 716. The number of likely N-dealkylation sites (N-methyl/N-ethyl adjacent to an activating group) is 1. The lowest BCUT2D eigenvalue weighted by atomic mass is 9.92. The molecule has 2 heterocycles. The Kier molecular flexibility index (Phi) is 4.33. The molecule has 0 bridgehead atoms. The van der Waals surface area contributed by atoms with Gasteiger partial charge in [-0.1, -0.05) is 24.3 Å². The van der Waals surface area contributed by atoms with Crippen LogP contribution < -0.4 is 0 Å². The van der Waals surface area contributed by atoms with E-state index in [2.05, 4.69) is 4.98 Å². The van der Waals surface area contributed by atoms with Crippen molar-refractivity contribution in [3.8, 4) is 0 Å². The number of nitrogens with zero attached hydrogens (tertiary/aromatic N) is 3. The fraction of sp³-hybridized carbons (Fsp3) is 0.444. The number of hydrogen-bond donors (Lipinski definition) is 1. The second-order valence-corrected chi connectivity index (χ2v) is 6.68. The summed E-state index contributed by atoms with van der Waals surface area (Å²) in [4.78, 5) is 20.9. The quantitative estimate of drug-likeness (QED) is 0.938. The summed E-state index contributed by atoms with van der Waals surface area (Å²) in [6, 6.07) is 11.5. The van der Waals surface area contributed by atoms with Gasteiger partial charge in [0.1, 0.15) is 5.69 Å². The zero-order valence-corrected chi connectivity index (χ0v) is 13.7. The molecule has 23 heavy (non-hydrogen) atoms. The van der Waals surface area contributed by atoms with Crippen LogP contribution in [0.2, 0.25) is 0 Å². The van der Waals surface area contributed by atoms with Gasteiger partial charge in [-0.2, -0.15) is 0 Å². The third kappa shape index (κ3) is 3.51. The van der Waals surface area contributed by atoms with E-state index in [0.29, 0.717) is 25.3 Å². The summed E-state index contributed by atoms with van der Waals surface area (Å²) in [5.41, 5.74) is 0.422. The SMILES string of the molecule is CN(C)CC1(O)CCCN(C(=O)c2ccc3ccccc3n2)C1. The minimum Gasteiger partial charge on any atom is -0.387 e. The van der Waals surface area contributed by atoms with Crippen LogP contribution >= 0.6 is 0 Å². The van der Waals surface area contributed by atoms with Gasteiger partial charge in [-0.25, -0.2) is 4.98 Å². The Morgan fingerprint density at radius 1 is 1.30 bits per heavy atom. The van der Waals surface area contributed by atoms with Crippen LogP contribution in [-0.4, -0.2) is 65.1 Å². The third-order valence-corrected chi connectivity index (χ3v) is 4.27. The number of carbonyl (C=O) groups is 1. The number of amides is 1. The molecule has 5 nitrogen and oxygen atoms in total. The van der Waals surface area contributed by atoms with Crippen molar-refractivity contribution in [1.29, 1.82) is 0 Å². The lowest BCUT2D eigenvalue weighted by molar-refractivity contribution is -0.0392. The summed E-state index contributed by atoms with van der Waals surface area (Å²) in [6.45, 7) is 1.59. The molecular weight excluding hydrogens is 290 g/mol. The molecule has 1 saturated heterocycles. The fourth-order valence-corrected chi connectivity index (χ4v) is 3.35. The lowest BCUT2D eigenvalue weighted by Crippen LogP contribution is -2.54. The van der Waals surface area contributed by atoms with E-state index in [9.17, 15) is 9.90 Å². The van der Waals surface area contributed by atoms with E-state index >= 15 is 0 Å². The highest BCUT2D eigenvalue weighted by atomic mass is 16.3. The molecule has 1 unspecified atom stereocenters. The van der Waals surface area contributed by atoms with Crippen molar-refractivity contribution in [3.63, 3.8) is 0 Å². The van der Waals surface area contributed by atoms with Crippen LogP contribution in [-0.2, 0) is 0 Å². The first-order valence-electron chi connectivity index (χ1n) is 7.99. The van der Waals surface area contributed by atoms with Crippen molar-refractivity contribution in [1.82, 2.24) is 14.8 Å². The van der Waals surface area contributed by atoms with Crippen molar-refractivity contribution in [3.05, 3.63) is 42.1 Å². The monoisotopic (exact) mass is 313 g/mol. The first-order valence-corrected chi connectivity index (χ1v) is 7.99. The molecule has 1 N–H and O–H groups in total. The maximum atomic E-state index is 12.8. The molecule has 3 rings (SSSR count). The van der Waals surface area contributed by atoms with Gasteiger partial charge < -0.3 is 14.9 Å². The van der Waals surface area contributed by atoms with Gasteiger partial charge in [0.2, 0.25) is 0 Å². The predicted octanol–water partition coefficient (Wildman–Crippen LogP) is 1.76. The zero-order valence-electron chi connectivity index (χ0n) is 13.7. The molecule has 0 spiro atoms. The van der Waals surface area contributed by atoms with Crippen LogP contribution in [0.3, 0.4) is 0 Å². The number of aliphatic hydroxyl groups is 1. The van der Waals surface area contributed by atoms with Gasteiger partial charge in [0, 0.05) is 18.5 Å². The van der Waals surface area contributed by atoms with Crippen LogP contribution in [0.4, 0.5) is 0 Å². The molecule has 0 radical (unpaired) electrons. The smallest absolute Gasteiger partial charge is 0.272 e. The molecule has 1 fully saturated rings. The normalized spacial score (nSPS) is 21.8. The molecule has 0 aliphatic carbocycles. The van der Waals surface area contributed by atoms with Gasteiger partial charge in [0.15, 0.2) is 0 Å². The summed E-state index contributed by atoms with van der Waals surface area (Å²) in [6.07, 6.45) is 1.53. The van der Waals surface area contributed by atoms with E-state index in [0.717, 1.165) is 23.7 Å². The summed E-state index contributed by atoms with van der Waals surface area (Å²) in [7, 11) is 3.87. The summed E-state index contributed by atoms with van der Waals surface area (Å²) in [5, 5.41) is 11.7. The standard InChI is InChI=1S/C18H23N3O2/c1-20(2)12-18(23)10-5-11-21(13-18)17(22)16-9-8-14-6-3-4-7-15(14)19-16/h3-4,6-9,23H,5,10-13H2,1-2H3. The highest BCUT2D eigenvalue weighted by Crippen LogP contribution is 2.23. The van der Waals surface area contributed by atoms with Crippen LogP contribution in [0.5, 0.6) is 0 Å². The lowest BCUT2D eigenvalue weighted by Gasteiger charge is -2.40. The molecule has 1 aliphatic heterocycles. The number of aromatic nitrogens is 1. The molecular formula is C18H23N3O2. The van der Waals surface area contributed by atoms with Crippen LogP contribution in [0, 0.1) is 0 Å². The average molecular weight is 313 g/mol. The number of likely N-dealkylation sites (tertiary alicyclic amines) is 1. The predicted molar refractivity (Wildman–Crippen MR) is 90.4 cm³/mol. The van der Waals surface area contributed by atoms with Gasteiger partial charge >= 0.3 is 0 Å². The second-order valence-electron chi connectivity index (χ2n) is 6.68. The molecule has 2 aromatic rings. The molecule has 1 aliphatic rings. The number of rotatable bonds is 3. The van der Waals surface area contributed by atoms with Crippen LogP contribution in [0.15, 0.2) is 36.4 Å². The Morgan fingerprint density at radius 3 is 2.87 bits per heavy atom. The number of para-hydroxylation sites is 1. The minimum absolute atomic E-state index is 0.104. The van der Waals surface area contributed by atoms with Crippen molar-refractivity contribution < 1.29 is 9.90 Å². The highest BCUT2D eigenvalue weighted by Gasteiger charge is 2.36. The molecule has 1 atom stereocenters. The summed E-state index contributed by atoms with van der Waals surface area (Å²) in [5.74, 6) is -0.104. The molecule has 0 saturated carbocycles. The van der Waals surface area contributed by atoms with Crippen LogP contribution in [0.25, 0.3) is 10.9 Å². The number of fused-ring (bicyclic) bond motifs is 1. The van der Waals surface area contributed by atoms with E-state index in [4.69, 9.17) is 0 Å². The van der Waals surface area contributed by atoms with Crippen LogP contribution in [0.1, 0.15) is 23.3 Å². The average Bonchev–Trinajstić information content (AvgIpc) is 2.52. The molecule has 1 aromatic carbocycles. The van der Waals surface area contributed by atoms with Crippen molar-refractivity contribution in [2.24, 2.45) is 0 Å². The number of piperidine rings is 1. The highest BCUT2D eigenvalue weighted by molar-refractivity contribution is 5.95. The third-order valence-electron chi connectivity index (χ3n) is 4.27. The second kappa shape index (κ2) is 6.26. The molecule has 1 aromatic heterocycles. The first-order chi connectivity index (χ1) is 11.0. The molecule has 1 amide bonds. The maximum Gasteiger partial charge on any atom is 0.272 e. The summed E-state index contributed by atoms with van der Waals surface area (Å²) >= 11 is 0. The Labute approximate surface area is 136 Å². The Morgan fingerprint density at radius 2 is 2.09 bits per heavy atom. The van der Waals surface area contributed by atoms with E-state index in [1.807, 2.05) is 49.3 Å². The van der Waals surface area contributed by atoms with Crippen molar-refractivity contribution in [2.45, 2.75) is 18.4 Å². The van der Waals surface area contributed by atoms with Gasteiger partial charge in [-0.3, -0.25) is 4.79 Å². The van der Waals surface area contributed by atoms with E-state index < -0.39 is 5.60 Å². The first kappa shape index (κ1) is 15.9. The van der Waals surface area contributed by atoms with E-state index in [1.54, 1.807) is 11.0 Å². The molecule has 122 valence electrons. The maximum absolute atomic E-state index is 12.8. The number of carbonyl (C=O) groups excluding carboxylic acids is 1. The van der Waals surface area contributed by atoms with E-state index in [-0.39, 0.29) is 5.91 Å². The number of pyridine rings is 1.